The molecule has 51 heavy (non-hydrogen) atoms. The first-order valence-electron chi connectivity index (χ1n) is 17.6. The maximum absolute atomic E-state index is 13.1. The van der Waals surface area contributed by atoms with Crippen molar-refractivity contribution in [3.8, 4) is 0 Å². The zero-order chi connectivity index (χ0) is 36.3. The fourth-order valence-electron chi connectivity index (χ4n) is 7.35. The third-order valence-electron chi connectivity index (χ3n) is 9.77. The van der Waals surface area contributed by atoms with E-state index in [1.807, 2.05) is 63.2 Å². The number of aryl methyl sites for hydroxylation is 1. The second kappa shape index (κ2) is 15.0. The van der Waals surface area contributed by atoms with Gasteiger partial charge in [0.2, 0.25) is 0 Å². The summed E-state index contributed by atoms with van der Waals surface area (Å²) in [6.07, 6.45) is -1.13. The van der Waals surface area contributed by atoms with Gasteiger partial charge in [-0.15, -0.1) is 0 Å². The molecule has 0 bridgehead atoms. The van der Waals surface area contributed by atoms with Crippen molar-refractivity contribution < 1.29 is 36.0 Å². The van der Waals surface area contributed by atoms with Crippen LogP contribution < -0.4 is 10.4 Å². The van der Waals surface area contributed by atoms with Crippen molar-refractivity contribution in [3.05, 3.63) is 126 Å². The lowest BCUT2D eigenvalue weighted by Gasteiger charge is -2.46. The quantitative estimate of drug-likeness (QED) is 0.0788. The van der Waals surface area contributed by atoms with Crippen molar-refractivity contribution in [2.24, 2.45) is 0 Å². The van der Waals surface area contributed by atoms with Gasteiger partial charge >= 0.3 is 0 Å². The Hall–Kier alpha value is -3.19. The van der Waals surface area contributed by atoms with Crippen LogP contribution in [0.5, 0.6) is 0 Å². The number of fused-ring (bicyclic) bond motifs is 1. The number of benzene rings is 4. The molecule has 4 aromatic rings. The minimum absolute atomic E-state index is 0.0471. The average Bonchev–Trinajstić information content (AvgIpc) is 3.55. The molecule has 0 N–H and O–H groups in total. The predicted molar refractivity (Wildman–Crippen MR) is 200 cm³/mol. The van der Waals surface area contributed by atoms with Crippen LogP contribution in [0.2, 0.25) is 5.04 Å². The molecule has 6 rings (SSSR count). The Morgan fingerprint density at radius 3 is 1.90 bits per heavy atom. The first kappa shape index (κ1) is 37.6. The number of rotatable bonds is 14. The van der Waals surface area contributed by atoms with Gasteiger partial charge in [-0.25, -0.2) is 0 Å². The maximum Gasteiger partial charge on any atom is 0.296 e. The van der Waals surface area contributed by atoms with E-state index in [-0.39, 0.29) is 23.1 Å². The summed E-state index contributed by atoms with van der Waals surface area (Å²) >= 11 is 0. The lowest BCUT2D eigenvalue weighted by molar-refractivity contribution is -0.252. The molecule has 2 aliphatic heterocycles. The van der Waals surface area contributed by atoms with Crippen LogP contribution in [0.15, 0.2) is 120 Å². The van der Waals surface area contributed by atoms with Gasteiger partial charge < -0.3 is 23.4 Å². The van der Waals surface area contributed by atoms with E-state index in [0.717, 1.165) is 21.5 Å². The third-order valence-corrected chi connectivity index (χ3v) is 16.1. The van der Waals surface area contributed by atoms with Gasteiger partial charge in [-0.05, 0) is 66.7 Å². The monoisotopic (exact) mass is 730 g/mol. The first-order chi connectivity index (χ1) is 24.2. The number of hydrogen-bond donors (Lipinski definition) is 0. The van der Waals surface area contributed by atoms with Gasteiger partial charge in [-0.2, -0.15) is 8.42 Å². The largest absolute Gasteiger partial charge is 0.404 e. The van der Waals surface area contributed by atoms with E-state index in [4.69, 9.17) is 27.6 Å². The number of ether oxygens (including phenoxy) is 4. The van der Waals surface area contributed by atoms with Gasteiger partial charge in [0.25, 0.3) is 18.4 Å². The molecule has 0 amide bonds. The predicted octanol–water partition coefficient (Wildman–Crippen LogP) is 6.89. The Bertz CT molecular complexity index is 1790. The minimum Gasteiger partial charge on any atom is -0.404 e. The molecule has 0 aliphatic carbocycles. The molecular formula is C41H50O8SSi. The highest BCUT2D eigenvalue weighted by molar-refractivity contribution is 7.86. The molecule has 0 saturated carbocycles. The first-order valence-corrected chi connectivity index (χ1v) is 21.0. The second-order valence-electron chi connectivity index (χ2n) is 15.0. The standard InChI is InChI=1S/C41H50O8SSi/c1-31-23-25-33(26-24-31)50(42,43)45-28-16-27-41(37(44-29-32-17-10-7-11-18-32)36-38(49-41)48-40(5,6)47-36)30-46-51(39(2,3)4,34-19-12-8-13-20-34)35-21-14-9-15-22-35/h7-15,17-26,36-38H,16,27-30H2,1-6H3/t36-,37+,38+,41-/m1/s1. The second-order valence-corrected chi connectivity index (χ2v) is 20.9. The topological polar surface area (TPSA) is 89.5 Å². The van der Waals surface area contributed by atoms with Gasteiger partial charge in [0.1, 0.15) is 17.8 Å². The lowest BCUT2D eigenvalue weighted by atomic mass is 9.90. The Labute approximate surface area is 304 Å². The minimum atomic E-state index is -3.96. The fourth-order valence-corrected chi connectivity index (χ4v) is 12.9. The summed E-state index contributed by atoms with van der Waals surface area (Å²) in [5, 5.41) is 1.99. The summed E-state index contributed by atoms with van der Waals surface area (Å²) in [7, 11) is -6.97. The van der Waals surface area contributed by atoms with Crippen molar-refractivity contribution >= 4 is 28.8 Å². The van der Waals surface area contributed by atoms with Crippen molar-refractivity contribution in [3.63, 3.8) is 0 Å². The molecule has 0 radical (unpaired) electrons. The van der Waals surface area contributed by atoms with Crippen LogP contribution in [0, 0.1) is 6.92 Å². The summed E-state index contributed by atoms with van der Waals surface area (Å²) in [6.45, 7) is 12.8. The highest BCUT2D eigenvalue weighted by Gasteiger charge is 2.63. The zero-order valence-corrected chi connectivity index (χ0v) is 32.2. The molecule has 0 unspecified atom stereocenters. The van der Waals surface area contributed by atoms with Gasteiger partial charge in [-0.3, -0.25) is 4.18 Å². The molecule has 2 aliphatic rings. The van der Waals surface area contributed by atoms with Crippen LogP contribution in [0.3, 0.4) is 0 Å². The fraction of sp³-hybridized carbons (Fsp3) is 0.415. The van der Waals surface area contributed by atoms with Gasteiger partial charge in [-0.1, -0.05) is 129 Å². The average molecular weight is 731 g/mol. The summed E-state index contributed by atoms with van der Waals surface area (Å²) in [5.74, 6) is -0.875. The van der Waals surface area contributed by atoms with E-state index < -0.39 is 48.3 Å². The lowest BCUT2D eigenvalue weighted by Crippen LogP contribution is -2.68. The Balaban J connectivity index is 1.36. The van der Waals surface area contributed by atoms with Crippen molar-refractivity contribution in [2.45, 2.75) is 101 Å². The normalized spacial score (nSPS) is 23.3. The summed E-state index contributed by atoms with van der Waals surface area (Å²) in [6, 6.07) is 37.5. The molecule has 2 heterocycles. The van der Waals surface area contributed by atoms with E-state index >= 15 is 0 Å². The molecule has 272 valence electrons. The maximum atomic E-state index is 13.1. The molecule has 2 fully saturated rings. The van der Waals surface area contributed by atoms with Gasteiger partial charge in [0, 0.05) is 0 Å². The molecule has 4 aromatic carbocycles. The van der Waals surface area contributed by atoms with Gasteiger partial charge in [0.15, 0.2) is 12.1 Å². The van der Waals surface area contributed by atoms with E-state index in [1.165, 1.54) is 0 Å². The smallest absolute Gasteiger partial charge is 0.296 e. The van der Waals surface area contributed by atoms with E-state index in [0.29, 0.717) is 19.4 Å². The summed E-state index contributed by atoms with van der Waals surface area (Å²) < 4.78 is 65.8. The third kappa shape index (κ3) is 8.09. The van der Waals surface area contributed by atoms with Crippen LogP contribution in [0.1, 0.15) is 58.6 Å². The molecule has 4 atom stereocenters. The van der Waals surface area contributed by atoms with Crippen molar-refractivity contribution in [1.82, 2.24) is 0 Å². The Morgan fingerprint density at radius 1 is 0.765 bits per heavy atom. The summed E-state index contributed by atoms with van der Waals surface area (Å²) in [5.41, 5.74) is 0.910. The highest BCUT2D eigenvalue weighted by atomic mass is 32.2. The van der Waals surface area contributed by atoms with Crippen LogP contribution >= 0.6 is 0 Å². The van der Waals surface area contributed by atoms with Crippen LogP contribution in [-0.4, -0.2) is 59.8 Å². The van der Waals surface area contributed by atoms with Gasteiger partial charge in [0.05, 0.1) is 24.7 Å². The van der Waals surface area contributed by atoms with Crippen molar-refractivity contribution in [1.29, 1.82) is 0 Å². The highest BCUT2D eigenvalue weighted by Crippen LogP contribution is 2.47. The Morgan fingerprint density at radius 2 is 1.33 bits per heavy atom. The molecule has 0 spiro atoms. The molecule has 8 nitrogen and oxygen atoms in total. The number of hydrogen-bond acceptors (Lipinski definition) is 8. The van der Waals surface area contributed by atoms with E-state index in [2.05, 4.69) is 69.3 Å². The van der Waals surface area contributed by atoms with Crippen molar-refractivity contribution in [2.75, 3.05) is 13.2 Å². The van der Waals surface area contributed by atoms with Crippen LogP contribution in [0.4, 0.5) is 0 Å². The van der Waals surface area contributed by atoms with E-state index in [9.17, 15) is 8.42 Å². The summed E-state index contributed by atoms with van der Waals surface area (Å²) in [4.78, 5) is 0.123. The SMILES string of the molecule is Cc1ccc(S(=O)(=O)OCCC[C@]2(CO[Si](c3ccccc3)(c3ccccc3)C(C)(C)C)O[C@@H]3OC(C)(C)O[C@@H]3[C@@H]2OCc2ccccc2)cc1. The van der Waals surface area contributed by atoms with Crippen LogP contribution in [0.25, 0.3) is 0 Å². The Kier molecular flexibility index (Phi) is 11.1. The molecule has 2 saturated heterocycles. The molecule has 10 heteroatoms. The van der Waals surface area contributed by atoms with Crippen LogP contribution in [-0.2, 0) is 44.3 Å². The molecular weight excluding hydrogens is 681 g/mol. The molecule has 0 aromatic heterocycles. The zero-order valence-electron chi connectivity index (χ0n) is 30.4. The van der Waals surface area contributed by atoms with E-state index in [1.54, 1.807) is 24.3 Å².